The van der Waals surface area contributed by atoms with E-state index in [1.54, 1.807) is 12.3 Å². The lowest BCUT2D eigenvalue weighted by atomic mass is 9.91. The molecule has 0 unspecified atom stereocenters. The topological polar surface area (TPSA) is 88.7 Å². The number of anilines is 2. The van der Waals surface area contributed by atoms with Gasteiger partial charge in [-0.25, -0.2) is 9.37 Å². The number of ketones is 1. The second kappa shape index (κ2) is 10.1. The minimum atomic E-state index is -0.619. The average Bonchev–Trinajstić information content (AvgIpc) is 2.83. The normalized spacial score (nSPS) is 17.1. The van der Waals surface area contributed by atoms with Crippen LogP contribution in [0.5, 0.6) is 0 Å². The highest BCUT2D eigenvalue weighted by atomic mass is 19.1. The van der Waals surface area contributed by atoms with Crippen molar-refractivity contribution in [2.45, 2.75) is 25.3 Å². The van der Waals surface area contributed by atoms with Crippen molar-refractivity contribution in [1.29, 1.82) is 0 Å². The lowest BCUT2D eigenvalue weighted by Crippen LogP contribution is -2.43. The van der Waals surface area contributed by atoms with Crippen LogP contribution in [0.3, 0.4) is 0 Å². The Bertz CT molecular complexity index is 1120. The highest BCUT2D eigenvalue weighted by Crippen LogP contribution is 2.32. The van der Waals surface area contributed by atoms with Crippen molar-refractivity contribution in [2.75, 3.05) is 37.0 Å². The minimum absolute atomic E-state index is 0.00221. The second-order valence-electron chi connectivity index (χ2n) is 8.36. The summed E-state index contributed by atoms with van der Waals surface area (Å²) >= 11 is 0. The Balaban J connectivity index is 1.57. The van der Waals surface area contributed by atoms with Crippen LogP contribution >= 0.6 is 0 Å². The van der Waals surface area contributed by atoms with Gasteiger partial charge in [-0.1, -0.05) is 36.4 Å². The zero-order valence-electron chi connectivity index (χ0n) is 18.6. The first kappa shape index (κ1) is 22.9. The number of nitrogens with two attached hydrogens (primary N) is 1. The number of hydrogen-bond acceptors (Lipinski definition) is 6. The molecule has 1 fully saturated rings. The molecule has 3 aromatic rings. The standard InChI is InChI=1S/C26H28FN3O3/c1-17-16-33-10-9-30(17)21-13-23(26(28)29-14-21)19-7-8-22(24(27)11-19)25(32)12-20(15-31)18-5-3-2-4-6-18/h2-8,11,13-14,17,20,31H,9-10,12,15-16H2,1H3,(H2,28,29)/t17-,20-/m1/s1. The molecule has 0 saturated carbocycles. The summed E-state index contributed by atoms with van der Waals surface area (Å²) in [5.74, 6) is -1.07. The van der Waals surface area contributed by atoms with Crippen LogP contribution < -0.4 is 10.6 Å². The van der Waals surface area contributed by atoms with Crippen LogP contribution in [0.1, 0.15) is 35.2 Å². The molecule has 172 valence electrons. The van der Waals surface area contributed by atoms with E-state index in [4.69, 9.17) is 10.5 Å². The van der Waals surface area contributed by atoms with Crippen molar-refractivity contribution in [3.05, 3.63) is 77.7 Å². The molecule has 1 saturated heterocycles. The highest BCUT2D eigenvalue weighted by Gasteiger charge is 2.22. The van der Waals surface area contributed by atoms with E-state index in [2.05, 4.69) is 16.8 Å². The predicted octanol–water partition coefficient (Wildman–Crippen LogP) is 4.04. The number of hydrogen-bond donors (Lipinski definition) is 2. The summed E-state index contributed by atoms with van der Waals surface area (Å²) in [6, 6.07) is 15.9. The summed E-state index contributed by atoms with van der Waals surface area (Å²) in [5, 5.41) is 9.74. The Morgan fingerprint density at radius 3 is 2.76 bits per heavy atom. The van der Waals surface area contributed by atoms with Crippen LogP contribution in [0.25, 0.3) is 11.1 Å². The summed E-state index contributed by atoms with van der Waals surface area (Å²) in [7, 11) is 0. The van der Waals surface area contributed by atoms with Gasteiger partial charge in [0.25, 0.3) is 0 Å². The average molecular weight is 450 g/mol. The molecule has 1 aliphatic rings. The van der Waals surface area contributed by atoms with Crippen molar-refractivity contribution in [3.8, 4) is 11.1 Å². The summed E-state index contributed by atoms with van der Waals surface area (Å²) < 4.78 is 20.5. The molecule has 6 nitrogen and oxygen atoms in total. The maximum Gasteiger partial charge on any atom is 0.166 e. The van der Waals surface area contributed by atoms with Crippen molar-refractivity contribution in [1.82, 2.24) is 4.98 Å². The molecule has 3 N–H and O–H groups in total. The fourth-order valence-corrected chi connectivity index (χ4v) is 4.22. The third-order valence-corrected chi connectivity index (χ3v) is 6.11. The Kier molecular flexibility index (Phi) is 7.01. The second-order valence-corrected chi connectivity index (χ2v) is 8.36. The van der Waals surface area contributed by atoms with Crippen LogP contribution in [0.4, 0.5) is 15.9 Å². The van der Waals surface area contributed by atoms with E-state index in [0.717, 1.165) is 17.8 Å². The van der Waals surface area contributed by atoms with Crippen molar-refractivity contribution in [2.24, 2.45) is 0 Å². The molecule has 2 heterocycles. The summed E-state index contributed by atoms with van der Waals surface area (Å²) in [5.41, 5.74) is 9.01. The largest absolute Gasteiger partial charge is 0.396 e. The van der Waals surface area contributed by atoms with Crippen molar-refractivity contribution < 1.29 is 19.0 Å². The van der Waals surface area contributed by atoms with Crippen LogP contribution in [0.15, 0.2) is 60.8 Å². The number of carbonyl (C=O) groups excluding carboxylic acids is 1. The van der Waals surface area contributed by atoms with Gasteiger partial charge in [0.1, 0.15) is 11.6 Å². The van der Waals surface area contributed by atoms with Gasteiger partial charge in [0.15, 0.2) is 5.78 Å². The van der Waals surface area contributed by atoms with E-state index >= 15 is 4.39 Å². The molecular weight excluding hydrogens is 421 g/mol. The highest BCUT2D eigenvalue weighted by molar-refractivity contribution is 5.97. The molecule has 4 rings (SSSR count). The number of morpholine rings is 1. The molecule has 33 heavy (non-hydrogen) atoms. The first-order chi connectivity index (χ1) is 16.0. The summed E-state index contributed by atoms with van der Waals surface area (Å²) in [6.45, 7) is 3.88. The van der Waals surface area contributed by atoms with E-state index < -0.39 is 5.82 Å². The SMILES string of the molecule is C[C@@H]1COCCN1c1cnc(N)c(-c2ccc(C(=O)C[C@H](CO)c3ccccc3)c(F)c2)c1. The van der Waals surface area contributed by atoms with Crippen LogP contribution in [0, 0.1) is 5.82 Å². The molecule has 1 aliphatic heterocycles. The Morgan fingerprint density at radius 1 is 1.27 bits per heavy atom. The first-order valence-electron chi connectivity index (χ1n) is 11.1. The molecule has 0 bridgehead atoms. The van der Waals surface area contributed by atoms with Crippen molar-refractivity contribution in [3.63, 3.8) is 0 Å². The molecule has 0 aliphatic carbocycles. The maximum atomic E-state index is 15.0. The molecule has 0 amide bonds. The molecule has 0 radical (unpaired) electrons. The van der Waals surface area contributed by atoms with Crippen LogP contribution in [0.2, 0.25) is 0 Å². The zero-order chi connectivity index (χ0) is 23.4. The third-order valence-electron chi connectivity index (χ3n) is 6.11. The Morgan fingerprint density at radius 2 is 2.06 bits per heavy atom. The van der Waals surface area contributed by atoms with Gasteiger partial charge >= 0.3 is 0 Å². The van der Waals surface area contributed by atoms with Gasteiger partial charge in [-0.2, -0.15) is 0 Å². The molecule has 0 spiro atoms. The molecule has 7 heteroatoms. The lowest BCUT2D eigenvalue weighted by molar-refractivity contribution is 0.0956. The van der Waals surface area contributed by atoms with Crippen LogP contribution in [-0.4, -0.2) is 48.3 Å². The number of aliphatic hydroxyl groups is 1. The van der Waals surface area contributed by atoms with Crippen LogP contribution in [-0.2, 0) is 4.74 Å². The molecule has 1 aromatic heterocycles. The number of pyridine rings is 1. The number of nitrogen functional groups attached to an aromatic ring is 1. The molecule has 2 atom stereocenters. The van der Waals surface area contributed by atoms with E-state index in [-0.39, 0.29) is 36.3 Å². The number of ether oxygens (including phenoxy) is 1. The van der Waals surface area contributed by atoms with Gasteiger partial charge in [-0.05, 0) is 36.2 Å². The Hall–Kier alpha value is -3.29. The number of aliphatic hydroxyl groups excluding tert-OH is 1. The van der Waals surface area contributed by atoms with Crippen molar-refractivity contribution >= 4 is 17.3 Å². The molecule has 2 aromatic carbocycles. The van der Waals surface area contributed by atoms with E-state index in [9.17, 15) is 9.90 Å². The number of carbonyl (C=O) groups is 1. The maximum absolute atomic E-state index is 15.0. The number of aromatic nitrogens is 1. The Labute approximate surface area is 192 Å². The van der Waals surface area contributed by atoms with E-state index in [1.165, 1.54) is 12.1 Å². The fraction of sp³-hybridized carbons (Fsp3) is 0.308. The predicted molar refractivity (Wildman–Crippen MR) is 127 cm³/mol. The van der Waals surface area contributed by atoms with Gasteiger partial charge in [0.2, 0.25) is 0 Å². The van der Waals surface area contributed by atoms with Gasteiger partial charge in [-0.15, -0.1) is 0 Å². The quantitative estimate of drug-likeness (QED) is 0.529. The monoisotopic (exact) mass is 449 g/mol. The lowest BCUT2D eigenvalue weighted by Gasteiger charge is -2.35. The van der Waals surface area contributed by atoms with Gasteiger partial charge in [-0.3, -0.25) is 4.79 Å². The number of rotatable bonds is 7. The summed E-state index contributed by atoms with van der Waals surface area (Å²) in [6.07, 6.45) is 1.73. The number of benzene rings is 2. The minimum Gasteiger partial charge on any atom is -0.396 e. The van der Waals surface area contributed by atoms with E-state index in [1.807, 2.05) is 36.4 Å². The van der Waals surface area contributed by atoms with Gasteiger partial charge in [0, 0.05) is 30.5 Å². The summed E-state index contributed by atoms with van der Waals surface area (Å²) in [4.78, 5) is 19.3. The zero-order valence-corrected chi connectivity index (χ0v) is 18.6. The number of Topliss-reactive ketones (excluding diaryl/α,β-unsaturated/α-hetero) is 1. The van der Waals surface area contributed by atoms with Gasteiger partial charge < -0.3 is 20.5 Å². The number of halogens is 1. The first-order valence-corrected chi connectivity index (χ1v) is 11.1. The smallest absolute Gasteiger partial charge is 0.166 e. The number of nitrogens with zero attached hydrogens (tertiary/aromatic N) is 2. The fourth-order valence-electron chi connectivity index (χ4n) is 4.22. The van der Waals surface area contributed by atoms with E-state index in [0.29, 0.717) is 30.2 Å². The third kappa shape index (κ3) is 5.05. The molecular formula is C26H28FN3O3. The van der Waals surface area contributed by atoms with Gasteiger partial charge in [0.05, 0.1) is 37.3 Å².